The first-order valence-electron chi connectivity index (χ1n) is 6.68. The largest absolute Gasteiger partial charge is 0.206 e. The molecule has 0 radical (unpaired) electrons. The molecule has 0 unspecified atom stereocenters. The van der Waals surface area contributed by atoms with Crippen LogP contribution < -0.4 is 27.3 Å². The van der Waals surface area contributed by atoms with Crippen LogP contribution in [0, 0.1) is 12.7 Å². The Morgan fingerprint density at radius 3 is 1.79 bits per heavy atom. The van der Waals surface area contributed by atoms with Gasteiger partial charge in [0.15, 0.2) is 0 Å². The standard InChI is InChI=1S/C13H16B5F/c1-5-3-2-4-6(13(5)19)7-8(14)10(16)12(18)11(17)9(7)15/h2-4H,14-18H2,1H3. The Bertz CT molecular complexity index is 638. The van der Waals surface area contributed by atoms with Gasteiger partial charge < -0.3 is 0 Å². The summed E-state index contributed by atoms with van der Waals surface area (Å²) in [5.41, 5.74) is 8.69. The van der Waals surface area contributed by atoms with E-state index >= 15 is 0 Å². The highest BCUT2D eigenvalue weighted by Gasteiger charge is 2.16. The maximum Gasteiger partial charge on any atom is 0.139 e. The molecule has 6 heteroatoms. The van der Waals surface area contributed by atoms with E-state index in [0.717, 1.165) is 11.1 Å². The summed E-state index contributed by atoms with van der Waals surface area (Å²) in [4.78, 5) is 0. The van der Waals surface area contributed by atoms with Crippen molar-refractivity contribution in [3.63, 3.8) is 0 Å². The number of benzene rings is 2. The number of halogens is 1. The lowest BCUT2D eigenvalue weighted by molar-refractivity contribution is 0.622. The van der Waals surface area contributed by atoms with E-state index in [2.05, 4.69) is 39.2 Å². The predicted octanol–water partition coefficient (Wildman–Crippen LogP) is -4.91. The van der Waals surface area contributed by atoms with Crippen LogP contribution in [0.25, 0.3) is 11.1 Å². The first-order valence-corrected chi connectivity index (χ1v) is 6.68. The highest BCUT2D eigenvalue weighted by Crippen LogP contribution is 2.20. The minimum atomic E-state index is -0.101. The molecule has 0 nitrogen and oxygen atoms in total. The molecule has 0 saturated carbocycles. The van der Waals surface area contributed by atoms with Crippen LogP contribution in [0.5, 0.6) is 0 Å². The van der Waals surface area contributed by atoms with Crippen LogP contribution in [0.1, 0.15) is 5.56 Å². The molecule has 0 aliphatic rings. The third-order valence-corrected chi connectivity index (χ3v) is 4.46. The fraction of sp³-hybridized carbons (Fsp3) is 0.0769. The van der Waals surface area contributed by atoms with Crippen LogP contribution in [0.3, 0.4) is 0 Å². The average Bonchev–Trinajstić information content (AvgIpc) is 2.39. The maximum atomic E-state index is 14.4. The highest BCUT2D eigenvalue weighted by atomic mass is 19.1. The molecule has 0 bridgehead atoms. The van der Waals surface area contributed by atoms with Crippen molar-refractivity contribution in [1.82, 2.24) is 0 Å². The van der Waals surface area contributed by atoms with E-state index in [1.807, 2.05) is 25.1 Å². The van der Waals surface area contributed by atoms with Crippen molar-refractivity contribution in [2.24, 2.45) is 0 Å². The van der Waals surface area contributed by atoms with Crippen LogP contribution in [0.2, 0.25) is 0 Å². The van der Waals surface area contributed by atoms with Gasteiger partial charge in [-0.05, 0) is 18.1 Å². The topological polar surface area (TPSA) is 0 Å². The zero-order chi connectivity index (χ0) is 14.3. The van der Waals surface area contributed by atoms with Crippen molar-refractivity contribution in [2.75, 3.05) is 0 Å². The van der Waals surface area contributed by atoms with Crippen molar-refractivity contribution in [2.45, 2.75) is 6.92 Å². The number of aryl methyl sites for hydroxylation is 1. The molecule has 0 aromatic heterocycles. The molecule has 2 rings (SSSR count). The van der Waals surface area contributed by atoms with E-state index < -0.39 is 0 Å². The lowest BCUT2D eigenvalue weighted by Gasteiger charge is -2.21. The minimum absolute atomic E-state index is 0.101. The van der Waals surface area contributed by atoms with Crippen LogP contribution in [0.4, 0.5) is 4.39 Å². The molecule has 19 heavy (non-hydrogen) atoms. The summed E-state index contributed by atoms with van der Waals surface area (Å²) in [5.74, 6) is -0.101. The summed E-state index contributed by atoms with van der Waals surface area (Å²) < 4.78 is 14.4. The van der Waals surface area contributed by atoms with Gasteiger partial charge in [0.1, 0.15) is 45.0 Å². The van der Waals surface area contributed by atoms with Gasteiger partial charge in [0.25, 0.3) is 0 Å². The number of hydrogen-bond donors (Lipinski definition) is 0. The lowest BCUT2D eigenvalue weighted by atomic mass is 9.59. The highest BCUT2D eigenvalue weighted by molar-refractivity contribution is 6.68. The quantitative estimate of drug-likeness (QED) is 0.442. The molecule has 0 N–H and O–H groups in total. The fourth-order valence-electron chi connectivity index (χ4n) is 2.74. The first kappa shape index (κ1) is 14.1. The van der Waals surface area contributed by atoms with Crippen molar-refractivity contribution < 1.29 is 4.39 Å². The molecule has 2 aromatic rings. The molecule has 0 saturated heterocycles. The molecule has 0 amide bonds. The first-order chi connectivity index (χ1) is 8.86. The molecule has 0 aliphatic heterocycles. The second-order valence-corrected chi connectivity index (χ2v) is 5.44. The molecule has 0 aliphatic carbocycles. The van der Waals surface area contributed by atoms with E-state index in [-0.39, 0.29) is 5.82 Å². The van der Waals surface area contributed by atoms with E-state index in [1.165, 1.54) is 27.3 Å². The Labute approximate surface area is 119 Å². The molecule has 2 aromatic carbocycles. The second kappa shape index (κ2) is 4.99. The van der Waals surface area contributed by atoms with Crippen LogP contribution in [-0.4, -0.2) is 39.2 Å². The summed E-state index contributed by atoms with van der Waals surface area (Å²) in [6.45, 7) is 1.82. The van der Waals surface area contributed by atoms with Gasteiger partial charge >= 0.3 is 0 Å². The molecular weight excluding hydrogens is 229 g/mol. The molecule has 0 fully saturated rings. The molecular formula is C13H16B5F. The molecule has 90 valence electrons. The Morgan fingerprint density at radius 1 is 0.789 bits per heavy atom. The van der Waals surface area contributed by atoms with Gasteiger partial charge in [-0.15, -0.1) is 16.4 Å². The number of rotatable bonds is 1. The van der Waals surface area contributed by atoms with Crippen molar-refractivity contribution in [3.8, 4) is 11.1 Å². The third kappa shape index (κ3) is 2.18. The smallest absolute Gasteiger partial charge is 0.139 e. The van der Waals surface area contributed by atoms with E-state index in [0.29, 0.717) is 5.56 Å². The summed E-state index contributed by atoms with van der Waals surface area (Å²) >= 11 is 0. The summed E-state index contributed by atoms with van der Waals surface area (Å²) in [5, 5.41) is 0. The molecule has 0 atom stereocenters. The SMILES string of the molecule is Bc1c(B)c(B)c(-c2cccc(C)c2F)c(B)c1B. The molecule has 0 heterocycles. The predicted molar refractivity (Wildman–Crippen MR) is 97.5 cm³/mol. The van der Waals surface area contributed by atoms with E-state index in [9.17, 15) is 4.39 Å². The summed E-state index contributed by atoms with van der Waals surface area (Å²) in [6, 6.07) is 5.63. The summed E-state index contributed by atoms with van der Waals surface area (Å²) in [6.07, 6.45) is 0. The van der Waals surface area contributed by atoms with Crippen LogP contribution >= 0.6 is 0 Å². The average molecular weight is 245 g/mol. The minimum Gasteiger partial charge on any atom is -0.206 e. The third-order valence-electron chi connectivity index (χ3n) is 4.46. The Balaban J connectivity index is 2.87. The van der Waals surface area contributed by atoms with Gasteiger partial charge in [-0.25, -0.2) is 4.39 Å². The van der Waals surface area contributed by atoms with Gasteiger partial charge in [0.2, 0.25) is 0 Å². The monoisotopic (exact) mass is 246 g/mol. The van der Waals surface area contributed by atoms with Gasteiger partial charge in [-0.3, -0.25) is 0 Å². The normalized spacial score (nSPS) is 10.6. The van der Waals surface area contributed by atoms with Crippen LogP contribution in [-0.2, 0) is 0 Å². The Morgan fingerprint density at radius 2 is 1.26 bits per heavy atom. The lowest BCUT2D eigenvalue weighted by Crippen LogP contribution is -2.55. The van der Waals surface area contributed by atoms with Gasteiger partial charge in [-0.2, -0.15) is 0 Å². The fourth-order valence-corrected chi connectivity index (χ4v) is 2.74. The van der Waals surface area contributed by atoms with Gasteiger partial charge in [0, 0.05) is 5.56 Å². The van der Waals surface area contributed by atoms with E-state index in [4.69, 9.17) is 0 Å². The molecule has 0 spiro atoms. The maximum absolute atomic E-state index is 14.4. The van der Waals surface area contributed by atoms with Crippen molar-refractivity contribution >= 4 is 66.5 Å². The number of hydrogen-bond acceptors (Lipinski definition) is 0. The van der Waals surface area contributed by atoms with Gasteiger partial charge in [-0.1, -0.05) is 29.1 Å². The van der Waals surface area contributed by atoms with Crippen molar-refractivity contribution in [1.29, 1.82) is 0 Å². The second-order valence-electron chi connectivity index (χ2n) is 5.44. The summed E-state index contributed by atoms with van der Waals surface area (Å²) in [7, 11) is 10.6. The zero-order valence-electron chi connectivity index (χ0n) is 12.6. The zero-order valence-corrected chi connectivity index (χ0v) is 12.6. The Kier molecular flexibility index (Phi) is 3.71. The van der Waals surface area contributed by atoms with Crippen LogP contribution in [0.15, 0.2) is 18.2 Å². The van der Waals surface area contributed by atoms with E-state index in [1.54, 1.807) is 0 Å². The Hall–Kier alpha value is -1.31. The van der Waals surface area contributed by atoms with Crippen molar-refractivity contribution in [3.05, 3.63) is 29.6 Å². The van der Waals surface area contributed by atoms with Gasteiger partial charge in [0.05, 0.1) is 0 Å².